The van der Waals surface area contributed by atoms with E-state index in [9.17, 15) is 0 Å². The minimum absolute atomic E-state index is 0.735. The smallest absolute Gasteiger partial charge is 0.0587 e. The summed E-state index contributed by atoms with van der Waals surface area (Å²) >= 11 is 8.13. The number of hydrogen-bond donors (Lipinski definition) is 1. The normalized spacial score (nSPS) is 10.8. The first-order valence-corrected chi connectivity index (χ1v) is 7.75. The van der Waals surface area contributed by atoms with E-state index in [1.54, 1.807) is 7.11 Å². The maximum Gasteiger partial charge on any atom is 0.0587 e. The fourth-order valence-corrected chi connectivity index (χ4v) is 3.10. The molecule has 102 valence electrons. The van der Waals surface area contributed by atoms with Gasteiger partial charge in [-0.3, -0.25) is 0 Å². The molecule has 0 saturated carbocycles. The fraction of sp³-hybridized carbons (Fsp3) is 0.571. The monoisotopic (exact) mass is 287 g/mol. The van der Waals surface area contributed by atoms with E-state index in [2.05, 4.69) is 18.3 Å². The Kier molecular flexibility index (Phi) is 8.51. The lowest BCUT2D eigenvalue weighted by atomic mass is 10.2. The van der Waals surface area contributed by atoms with Gasteiger partial charge in [0.05, 0.1) is 11.6 Å². The molecule has 0 bridgehead atoms. The van der Waals surface area contributed by atoms with Crippen LogP contribution < -0.4 is 5.32 Å². The van der Waals surface area contributed by atoms with Crippen molar-refractivity contribution in [3.8, 4) is 0 Å². The largest absolute Gasteiger partial charge is 0.383 e. The van der Waals surface area contributed by atoms with Gasteiger partial charge >= 0.3 is 0 Å². The van der Waals surface area contributed by atoms with E-state index in [1.807, 2.05) is 23.9 Å². The van der Waals surface area contributed by atoms with E-state index in [1.165, 1.54) is 23.3 Å². The summed E-state index contributed by atoms with van der Waals surface area (Å²) in [4.78, 5) is 1.22. The van der Waals surface area contributed by atoms with Gasteiger partial charge in [0.1, 0.15) is 0 Å². The van der Waals surface area contributed by atoms with Crippen LogP contribution in [0.1, 0.15) is 25.3 Å². The number of ether oxygens (including phenoxy) is 1. The lowest BCUT2D eigenvalue weighted by Crippen LogP contribution is -2.18. The quantitative estimate of drug-likeness (QED) is 0.548. The molecule has 1 N–H and O–H groups in total. The topological polar surface area (TPSA) is 21.3 Å². The van der Waals surface area contributed by atoms with Crippen molar-refractivity contribution in [1.82, 2.24) is 5.32 Å². The number of thioether (sulfide) groups is 1. The van der Waals surface area contributed by atoms with Crippen LogP contribution in [0.25, 0.3) is 0 Å². The summed E-state index contributed by atoms with van der Waals surface area (Å²) in [6, 6.07) is 6.12. The number of benzene rings is 1. The molecule has 1 rings (SSSR count). The minimum Gasteiger partial charge on any atom is -0.383 e. The summed E-state index contributed by atoms with van der Waals surface area (Å²) in [6.07, 6.45) is 2.45. The Balaban J connectivity index is 2.56. The molecule has 0 atom stereocenters. The highest BCUT2D eigenvalue weighted by Gasteiger charge is 2.07. The summed E-state index contributed by atoms with van der Waals surface area (Å²) in [5.74, 6) is 1.13. The minimum atomic E-state index is 0.735. The zero-order valence-electron chi connectivity index (χ0n) is 11.2. The first-order valence-electron chi connectivity index (χ1n) is 6.39. The Morgan fingerprint density at radius 1 is 1.39 bits per heavy atom. The summed E-state index contributed by atoms with van der Waals surface area (Å²) in [6.45, 7) is 4.65. The first-order chi connectivity index (χ1) is 8.79. The van der Waals surface area contributed by atoms with Crippen LogP contribution in [0.4, 0.5) is 0 Å². The number of halogens is 1. The Bertz CT molecular complexity index is 347. The lowest BCUT2D eigenvalue weighted by molar-refractivity contribution is 0.199. The van der Waals surface area contributed by atoms with Crippen molar-refractivity contribution in [2.45, 2.75) is 31.2 Å². The molecule has 0 aliphatic carbocycles. The average molecular weight is 288 g/mol. The second-order valence-electron chi connectivity index (χ2n) is 4.10. The van der Waals surface area contributed by atoms with E-state index < -0.39 is 0 Å². The number of methoxy groups -OCH3 is 1. The van der Waals surface area contributed by atoms with Gasteiger partial charge in [0.2, 0.25) is 0 Å². The van der Waals surface area contributed by atoms with Crippen LogP contribution in [-0.4, -0.2) is 26.0 Å². The molecule has 0 aromatic heterocycles. The average Bonchev–Trinajstić information content (AvgIpc) is 2.37. The third-order valence-electron chi connectivity index (χ3n) is 2.59. The molecule has 0 heterocycles. The second-order valence-corrected chi connectivity index (χ2v) is 5.61. The zero-order valence-corrected chi connectivity index (χ0v) is 12.7. The summed E-state index contributed by atoms with van der Waals surface area (Å²) < 4.78 is 5.02. The molecular formula is C14H22ClNOS. The van der Waals surface area contributed by atoms with Gasteiger partial charge in [0.25, 0.3) is 0 Å². The molecule has 0 radical (unpaired) electrons. The van der Waals surface area contributed by atoms with E-state index in [4.69, 9.17) is 16.3 Å². The molecule has 0 aliphatic rings. The molecule has 4 heteroatoms. The SMILES string of the molecule is CCCCSc1c(Cl)cccc1CNCCOC. The van der Waals surface area contributed by atoms with E-state index in [0.717, 1.165) is 30.5 Å². The van der Waals surface area contributed by atoms with E-state index in [-0.39, 0.29) is 0 Å². The van der Waals surface area contributed by atoms with Crippen molar-refractivity contribution in [3.05, 3.63) is 28.8 Å². The highest BCUT2D eigenvalue weighted by atomic mass is 35.5. The van der Waals surface area contributed by atoms with E-state index in [0.29, 0.717) is 0 Å². The van der Waals surface area contributed by atoms with Crippen molar-refractivity contribution in [2.75, 3.05) is 26.0 Å². The number of unbranched alkanes of at least 4 members (excludes halogenated alkanes) is 1. The third-order valence-corrected chi connectivity index (χ3v) is 4.28. The van der Waals surface area contributed by atoms with Crippen LogP contribution in [0.5, 0.6) is 0 Å². The number of hydrogen-bond acceptors (Lipinski definition) is 3. The Hall–Kier alpha value is -0.220. The lowest BCUT2D eigenvalue weighted by Gasteiger charge is -2.11. The first kappa shape index (κ1) is 15.8. The molecule has 0 spiro atoms. The molecule has 0 amide bonds. The standard InChI is InChI=1S/C14H22ClNOS/c1-3-4-10-18-14-12(6-5-7-13(14)15)11-16-8-9-17-2/h5-7,16H,3-4,8-11H2,1-2H3. The third kappa shape index (κ3) is 5.61. The Morgan fingerprint density at radius 2 is 2.22 bits per heavy atom. The van der Waals surface area contributed by atoms with Gasteiger partial charge in [-0.1, -0.05) is 37.1 Å². The molecule has 0 unspecified atom stereocenters. The van der Waals surface area contributed by atoms with Crippen molar-refractivity contribution >= 4 is 23.4 Å². The van der Waals surface area contributed by atoms with Gasteiger partial charge in [-0.05, 0) is 23.8 Å². The maximum atomic E-state index is 6.28. The Morgan fingerprint density at radius 3 is 2.94 bits per heavy atom. The van der Waals surface area contributed by atoms with Crippen LogP contribution in [0.2, 0.25) is 5.02 Å². The van der Waals surface area contributed by atoms with Gasteiger partial charge in [-0.2, -0.15) is 0 Å². The van der Waals surface area contributed by atoms with Crippen LogP contribution in [-0.2, 0) is 11.3 Å². The van der Waals surface area contributed by atoms with Gasteiger partial charge < -0.3 is 10.1 Å². The highest BCUT2D eigenvalue weighted by Crippen LogP contribution is 2.31. The zero-order chi connectivity index (χ0) is 13.2. The molecule has 1 aromatic rings. The van der Waals surface area contributed by atoms with Crippen LogP contribution in [0, 0.1) is 0 Å². The van der Waals surface area contributed by atoms with Gasteiger partial charge in [-0.15, -0.1) is 11.8 Å². The predicted octanol–water partition coefficient (Wildman–Crippen LogP) is 3.97. The molecule has 0 fully saturated rings. The van der Waals surface area contributed by atoms with Gasteiger partial charge in [-0.25, -0.2) is 0 Å². The van der Waals surface area contributed by atoms with Gasteiger partial charge in [0, 0.05) is 25.1 Å². The van der Waals surface area contributed by atoms with E-state index >= 15 is 0 Å². The fourth-order valence-electron chi connectivity index (χ4n) is 1.57. The molecule has 0 aliphatic heterocycles. The van der Waals surface area contributed by atoms with Crippen LogP contribution >= 0.6 is 23.4 Å². The second kappa shape index (κ2) is 9.68. The highest BCUT2D eigenvalue weighted by molar-refractivity contribution is 7.99. The molecular weight excluding hydrogens is 266 g/mol. The van der Waals surface area contributed by atoms with Crippen molar-refractivity contribution < 1.29 is 4.74 Å². The van der Waals surface area contributed by atoms with Crippen molar-refractivity contribution in [3.63, 3.8) is 0 Å². The number of nitrogens with one attached hydrogen (secondary N) is 1. The summed E-state index contributed by atoms with van der Waals surface area (Å²) in [7, 11) is 1.72. The van der Waals surface area contributed by atoms with Crippen molar-refractivity contribution in [1.29, 1.82) is 0 Å². The molecule has 2 nitrogen and oxygen atoms in total. The predicted molar refractivity (Wildman–Crippen MR) is 80.7 cm³/mol. The number of rotatable bonds is 9. The Labute approximate surface area is 119 Å². The molecule has 18 heavy (non-hydrogen) atoms. The van der Waals surface area contributed by atoms with Crippen molar-refractivity contribution in [2.24, 2.45) is 0 Å². The van der Waals surface area contributed by atoms with Crippen LogP contribution in [0.3, 0.4) is 0 Å². The summed E-state index contributed by atoms with van der Waals surface area (Å²) in [5.41, 5.74) is 1.28. The van der Waals surface area contributed by atoms with Crippen LogP contribution in [0.15, 0.2) is 23.1 Å². The molecule has 1 aromatic carbocycles. The summed E-state index contributed by atoms with van der Waals surface area (Å²) in [5, 5.41) is 4.23. The van der Waals surface area contributed by atoms with Gasteiger partial charge in [0.15, 0.2) is 0 Å². The molecule has 0 saturated heterocycles. The maximum absolute atomic E-state index is 6.28.